The summed E-state index contributed by atoms with van der Waals surface area (Å²) in [6.07, 6.45) is 2.51. The number of primary amides is 1. The molecule has 1 amide bonds. The van der Waals surface area contributed by atoms with Gasteiger partial charge in [-0.1, -0.05) is 19.1 Å². The van der Waals surface area contributed by atoms with E-state index >= 15 is 0 Å². The van der Waals surface area contributed by atoms with E-state index in [9.17, 15) is 14.9 Å². The highest BCUT2D eigenvalue weighted by atomic mass is 16.6. The molecule has 0 fully saturated rings. The molecule has 2 aromatic rings. The predicted octanol–water partition coefficient (Wildman–Crippen LogP) is 2.15. The molecule has 0 aliphatic rings. The molecular weight excluding hydrogens is 308 g/mol. The third-order valence-corrected chi connectivity index (χ3v) is 3.82. The molecule has 0 radical (unpaired) electrons. The number of nitro benzene ring substituents is 1. The molecule has 0 saturated carbocycles. The lowest BCUT2D eigenvalue weighted by Crippen LogP contribution is -2.26. The zero-order chi connectivity index (χ0) is 17.5. The molecule has 0 aliphatic heterocycles. The second-order valence-corrected chi connectivity index (χ2v) is 5.40. The summed E-state index contributed by atoms with van der Waals surface area (Å²) >= 11 is 0. The zero-order valence-electron chi connectivity index (χ0n) is 13.5. The average molecular weight is 328 g/mol. The second-order valence-electron chi connectivity index (χ2n) is 5.40. The van der Waals surface area contributed by atoms with E-state index in [4.69, 9.17) is 5.73 Å². The van der Waals surface area contributed by atoms with Crippen molar-refractivity contribution >= 4 is 11.6 Å². The van der Waals surface area contributed by atoms with Crippen molar-refractivity contribution in [1.29, 1.82) is 0 Å². The Morgan fingerprint density at radius 3 is 2.71 bits per heavy atom. The summed E-state index contributed by atoms with van der Waals surface area (Å²) in [5, 5.41) is 11.3. The van der Waals surface area contributed by atoms with Gasteiger partial charge >= 0.3 is 0 Å². The van der Waals surface area contributed by atoms with Gasteiger partial charge in [0.15, 0.2) is 0 Å². The van der Waals surface area contributed by atoms with Gasteiger partial charge in [0.05, 0.1) is 4.92 Å². The first kappa shape index (κ1) is 17.6. The Labute approximate surface area is 140 Å². The van der Waals surface area contributed by atoms with Crippen molar-refractivity contribution < 1.29 is 9.72 Å². The van der Waals surface area contributed by atoms with Gasteiger partial charge in [0.2, 0.25) is 5.91 Å². The maximum atomic E-state index is 11.3. The van der Waals surface area contributed by atoms with E-state index in [-0.39, 0.29) is 11.3 Å². The summed E-state index contributed by atoms with van der Waals surface area (Å²) in [7, 11) is 0. The molecular formula is C17H20N4O3. The molecule has 0 bridgehead atoms. The molecule has 0 unspecified atom stereocenters. The number of likely N-dealkylation sites (N-methyl/N-ethyl adjacent to an activating group) is 1. The van der Waals surface area contributed by atoms with Crippen LogP contribution in [0.25, 0.3) is 0 Å². The smallest absolute Gasteiger partial charge is 0.274 e. The molecule has 1 heterocycles. The summed E-state index contributed by atoms with van der Waals surface area (Å²) in [4.78, 5) is 28.4. The van der Waals surface area contributed by atoms with Crippen LogP contribution in [0.3, 0.4) is 0 Å². The van der Waals surface area contributed by atoms with Gasteiger partial charge in [-0.2, -0.15) is 0 Å². The van der Waals surface area contributed by atoms with Gasteiger partial charge in [-0.3, -0.25) is 24.8 Å². The Morgan fingerprint density at radius 1 is 1.33 bits per heavy atom. The lowest BCUT2D eigenvalue weighted by molar-refractivity contribution is -0.385. The van der Waals surface area contributed by atoms with Gasteiger partial charge < -0.3 is 5.73 Å². The van der Waals surface area contributed by atoms with Crippen molar-refractivity contribution in [2.45, 2.75) is 19.9 Å². The van der Waals surface area contributed by atoms with Gasteiger partial charge in [0, 0.05) is 48.6 Å². The summed E-state index contributed by atoms with van der Waals surface area (Å²) < 4.78 is 0. The second kappa shape index (κ2) is 8.16. The van der Waals surface area contributed by atoms with Crippen molar-refractivity contribution in [2.24, 2.45) is 5.73 Å². The normalized spacial score (nSPS) is 10.8. The number of rotatable bonds is 8. The van der Waals surface area contributed by atoms with Gasteiger partial charge in [0.25, 0.3) is 5.69 Å². The molecule has 7 nitrogen and oxygen atoms in total. The number of amides is 1. The molecule has 7 heteroatoms. The number of nitrogens with two attached hydrogens (primary N) is 1. The van der Waals surface area contributed by atoms with Crippen molar-refractivity contribution in [3.05, 3.63) is 69.5 Å². The summed E-state index contributed by atoms with van der Waals surface area (Å²) in [5.74, 6) is -0.674. The molecule has 1 aromatic heterocycles. The fourth-order valence-corrected chi connectivity index (χ4v) is 2.43. The van der Waals surface area contributed by atoms with Crippen LogP contribution in [0.1, 0.15) is 28.5 Å². The monoisotopic (exact) mass is 328 g/mol. The van der Waals surface area contributed by atoms with E-state index in [1.54, 1.807) is 12.3 Å². The van der Waals surface area contributed by atoms with E-state index in [0.29, 0.717) is 12.1 Å². The van der Waals surface area contributed by atoms with Crippen molar-refractivity contribution in [3.8, 4) is 0 Å². The van der Waals surface area contributed by atoms with Crippen molar-refractivity contribution in [1.82, 2.24) is 9.88 Å². The molecule has 2 rings (SSSR count). The first-order valence-corrected chi connectivity index (χ1v) is 7.70. The van der Waals surface area contributed by atoms with Gasteiger partial charge in [0.1, 0.15) is 0 Å². The lowest BCUT2D eigenvalue weighted by atomic mass is 10.1. The topological polar surface area (TPSA) is 102 Å². The Kier molecular flexibility index (Phi) is 5.97. The Balaban J connectivity index is 2.12. The van der Waals surface area contributed by atoms with Crippen LogP contribution in [-0.2, 0) is 13.0 Å². The number of hydrogen-bond acceptors (Lipinski definition) is 5. The van der Waals surface area contributed by atoms with E-state index in [1.807, 2.05) is 25.1 Å². The van der Waals surface area contributed by atoms with E-state index in [0.717, 1.165) is 25.2 Å². The van der Waals surface area contributed by atoms with E-state index in [1.165, 1.54) is 12.1 Å². The number of hydrogen-bond donors (Lipinski definition) is 1. The minimum atomic E-state index is -0.674. The molecule has 24 heavy (non-hydrogen) atoms. The number of nitrogens with zero attached hydrogens (tertiary/aromatic N) is 3. The Bertz CT molecular complexity index is 719. The lowest BCUT2D eigenvalue weighted by Gasteiger charge is -2.20. The van der Waals surface area contributed by atoms with E-state index < -0.39 is 10.8 Å². The van der Waals surface area contributed by atoms with Gasteiger partial charge in [-0.15, -0.1) is 0 Å². The minimum absolute atomic E-state index is 0.0809. The molecule has 126 valence electrons. The van der Waals surface area contributed by atoms with E-state index in [2.05, 4.69) is 9.88 Å². The molecule has 0 saturated heterocycles. The van der Waals surface area contributed by atoms with Crippen LogP contribution in [0.15, 0.2) is 42.6 Å². The summed E-state index contributed by atoms with van der Waals surface area (Å²) in [6.45, 7) is 3.92. The van der Waals surface area contributed by atoms with Crippen LogP contribution in [-0.4, -0.2) is 33.8 Å². The van der Waals surface area contributed by atoms with Crippen LogP contribution in [0.2, 0.25) is 0 Å². The minimum Gasteiger partial charge on any atom is -0.366 e. The van der Waals surface area contributed by atoms with Gasteiger partial charge in [-0.05, 0) is 24.7 Å². The zero-order valence-corrected chi connectivity index (χ0v) is 13.5. The fourth-order valence-electron chi connectivity index (χ4n) is 2.43. The fraction of sp³-hybridized carbons (Fsp3) is 0.294. The molecule has 2 N–H and O–H groups in total. The molecule has 0 atom stereocenters. The standard InChI is InChI=1S/C17H20N4O3/c1-2-20(10-8-15-5-3-4-9-19-15)12-14-7-6-13(17(18)22)11-16(14)21(23)24/h3-7,9,11H,2,8,10,12H2,1H3,(H2,18,22). The number of benzene rings is 1. The van der Waals surface area contributed by atoms with Crippen LogP contribution < -0.4 is 5.73 Å². The Morgan fingerprint density at radius 2 is 2.12 bits per heavy atom. The third-order valence-electron chi connectivity index (χ3n) is 3.82. The molecule has 1 aromatic carbocycles. The molecule has 0 aliphatic carbocycles. The first-order chi connectivity index (χ1) is 11.5. The van der Waals surface area contributed by atoms with Crippen molar-refractivity contribution in [3.63, 3.8) is 0 Å². The van der Waals surface area contributed by atoms with Crippen LogP contribution in [0.5, 0.6) is 0 Å². The quantitative estimate of drug-likeness (QED) is 0.591. The highest BCUT2D eigenvalue weighted by Gasteiger charge is 2.18. The highest BCUT2D eigenvalue weighted by molar-refractivity contribution is 5.93. The largest absolute Gasteiger partial charge is 0.366 e. The molecule has 0 spiro atoms. The maximum Gasteiger partial charge on any atom is 0.274 e. The Hall–Kier alpha value is -2.80. The number of carbonyl (C=O) groups is 1. The highest BCUT2D eigenvalue weighted by Crippen LogP contribution is 2.22. The predicted molar refractivity (Wildman–Crippen MR) is 90.5 cm³/mol. The number of aromatic nitrogens is 1. The number of pyridine rings is 1. The first-order valence-electron chi connectivity index (χ1n) is 7.70. The maximum absolute atomic E-state index is 11.3. The van der Waals surface area contributed by atoms with Crippen LogP contribution in [0.4, 0.5) is 5.69 Å². The number of carbonyl (C=O) groups excluding carboxylic acids is 1. The average Bonchev–Trinajstić information content (AvgIpc) is 2.59. The van der Waals surface area contributed by atoms with Gasteiger partial charge in [-0.25, -0.2) is 0 Å². The SMILES string of the molecule is CCN(CCc1ccccn1)Cc1ccc(C(N)=O)cc1[N+](=O)[O-]. The summed E-state index contributed by atoms with van der Waals surface area (Å²) in [6, 6.07) is 10.1. The van der Waals surface area contributed by atoms with Crippen LogP contribution >= 0.6 is 0 Å². The summed E-state index contributed by atoms with van der Waals surface area (Å²) in [5.41, 5.74) is 6.80. The number of nitro groups is 1. The van der Waals surface area contributed by atoms with Crippen LogP contribution in [0, 0.1) is 10.1 Å². The van der Waals surface area contributed by atoms with Crippen molar-refractivity contribution in [2.75, 3.05) is 13.1 Å². The third kappa shape index (κ3) is 4.60.